The Hall–Kier alpha value is -1.34. The lowest BCUT2D eigenvalue weighted by Gasteiger charge is -2.18. The largest absolute Gasteiger partial charge is 0.416 e. The number of thiazole rings is 1. The molecule has 1 fully saturated rings. The van der Waals surface area contributed by atoms with E-state index in [0.29, 0.717) is 21.4 Å². The number of likely N-dealkylation sites (tertiary alicyclic amines) is 1. The van der Waals surface area contributed by atoms with E-state index in [0.717, 1.165) is 25.6 Å². The van der Waals surface area contributed by atoms with Crippen molar-refractivity contribution in [1.82, 2.24) is 9.88 Å². The number of anilines is 1. The van der Waals surface area contributed by atoms with Crippen molar-refractivity contribution in [2.75, 3.05) is 25.5 Å². The third kappa shape index (κ3) is 3.35. The minimum absolute atomic E-state index is 0.565. The summed E-state index contributed by atoms with van der Waals surface area (Å²) < 4.78 is 38.7. The van der Waals surface area contributed by atoms with E-state index >= 15 is 0 Å². The van der Waals surface area contributed by atoms with Gasteiger partial charge in [0.15, 0.2) is 5.13 Å². The SMILES string of the molecule is CN1CCCC1CCNc1nc2ccc(C(F)(F)F)cc2s1. The molecule has 0 amide bonds. The molecule has 1 aliphatic rings. The maximum absolute atomic E-state index is 12.7. The molecule has 1 aliphatic heterocycles. The van der Waals surface area contributed by atoms with Crippen LogP contribution in [0.4, 0.5) is 18.3 Å². The van der Waals surface area contributed by atoms with Gasteiger partial charge in [0, 0.05) is 12.6 Å². The van der Waals surface area contributed by atoms with E-state index in [4.69, 9.17) is 0 Å². The van der Waals surface area contributed by atoms with E-state index in [2.05, 4.69) is 22.2 Å². The predicted octanol–water partition coefficient (Wildman–Crippen LogP) is 4.21. The number of hydrogen-bond acceptors (Lipinski definition) is 4. The fourth-order valence-corrected chi connectivity index (χ4v) is 3.80. The highest BCUT2D eigenvalue weighted by Crippen LogP contribution is 2.34. The Balaban J connectivity index is 1.64. The number of nitrogens with zero attached hydrogens (tertiary/aromatic N) is 2. The topological polar surface area (TPSA) is 28.2 Å². The third-order valence-corrected chi connectivity index (χ3v) is 5.12. The van der Waals surface area contributed by atoms with Gasteiger partial charge in [0.25, 0.3) is 0 Å². The number of aromatic nitrogens is 1. The molecule has 2 heterocycles. The predicted molar refractivity (Wildman–Crippen MR) is 83.4 cm³/mol. The minimum atomic E-state index is -4.31. The van der Waals surface area contributed by atoms with E-state index < -0.39 is 11.7 Å². The average Bonchev–Trinajstić information content (AvgIpc) is 3.03. The zero-order valence-electron chi connectivity index (χ0n) is 12.3. The maximum atomic E-state index is 12.7. The Morgan fingerprint density at radius 2 is 2.23 bits per heavy atom. The molecule has 0 saturated carbocycles. The lowest BCUT2D eigenvalue weighted by atomic mass is 10.1. The summed E-state index contributed by atoms with van der Waals surface area (Å²) in [4.78, 5) is 6.70. The van der Waals surface area contributed by atoms with Crippen LogP contribution in [0.25, 0.3) is 10.2 Å². The second-order valence-electron chi connectivity index (χ2n) is 5.69. The highest BCUT2D eigenvalue weighted by Gasteiger charge is 2.30. The molecule has 1 unspecified atom stereocenters. The minimum Gasteiger partial charge on any atom is -0.361 e. The summed E-state index contributed by atoms with van der Waals surface area (Å²) in [5.41, 5.74) is -0.0127. The van der Waals surface area contributed by atoms with Gasteiger partial charge in [0.1, 0.15) is 0 Å². The van der Waals surface area contributed by atoms with Gasteiger partial charge in [0.05, 0.1) is 15.8 Å². The van der Waals surface area contributed by atoms with Gasteiger partial charge in [-0.3, -0.25) is 0 Å². The van der Waals surface area contributed by atoms with Crippen LogP contribution in [0.3, 0.4) is 0 Å². The molecule has 22 heavy (non-hydrogen) atoms. The zero-order valence-corrected chi connectivity index (χ0v) is 13.1. The van der Waals surface area contributed by atoms with E-state index in [1.807, 2.05) is 0 Å². The van der Waals surface area contributed by atoms with Gasteiger partial charge in [-0.05, 0) is 51.1 Å². The first-order chi connectivity index (χ1) is 10.4. The van der Waals surface area contributed by atoms with Crippen LogP contribution in [0, 0.1) is 0 Å². The number of rotatable bonds is 4. The Labute approximate surface area is 131 Å². The molecular formula is C15H18F3N3S. The fourth-order valence-electron chi connectivity index (χ4n) is 2.87. The van der Waals surface area contributed by atoms with Crippen molar-refractivity contribution in [3.8, 4) is 0 Å². The standard InChI is InChI=1S/C15H18F3N3S/c1-21-8-2-3-11(21)6-7-19-14-20-12-5-4-10(15(16,17)18)9-13(12)22-14/h4-5,9,11H,2-3,6-8H2,1H3,(H,19,20). The summed E-state index contributed by atoms with van der Waals surface area (Å²) in [7, 11) is 2.13. The first kappa shape index (κ1) is 15.6. The number of alkyl halides is 3. The monoisotopic (exact) mass is 329 g/mol. The first-order valence-electron chi connectivity index (χ1n) is 7.35. The summed E-state index contributed by atoms with van der Waals surface area (Å²) in [6.07, 6.45) is -0.825. The fraction of sp³-hybridized carbons (Fsp3) is 0.533. The highest BCUT2D eigenvalue weighted by atomic mass is 32.1. The Kier molecular flexibility index (Phi) is 4.27. The van der Waals surface area contributed by atoms with Gasteiger partial charge in [-0.1, -0.05) is 11.3 Å². The van der Waals surface area contributed by atoms with Gasteiger partial charge in [-0.15, -0.1) is 0 Å². The van der Waals surface area contributed by atoms with Gasteiger partial charge in [-0.25, -0.2) is 4.98 Å². The van der Waals surface area contributed by atoms with Gasteiger partial charge >= 0.3 is 6.18 Å². The molecule has 3 nitrogen and oxygen atoms in total. The van der Waals surface area contributed by atoms with Crippen molar-refractivity contribution in [2.24, 2.45) is 0 Å². The Morgan fingerprint density at radius 3 is 2.91 bits per heavy atom. The molecule has 3 rings (SSSR count). The van der Waals surface area contributed by atoms with Gasteiger partial charge < -0.3 is 10.2 Å². The van der Waals surface area contributed by atoms with Crippen LogP contribution in [-0.4, -0.2) is 36.1 Å². The summed E-state index contributed by atoms with van der Waals surface area (Å²) in [5, 5.41) is 3.93. The highest BCUT2D eigenvalue weighted by molar-refractivity contribution is 7.22. The molecule has 120 valence electrons. The summed E-state index contributed by atoms with van der Waals surface area (Å²) in [6.45, 7) is 1.94. The van der Waals surface area contributed by atoms with Crippen molar-refractivity contribution in [1.29, 1.82) is 0 Å². The molecule has 2 aromatic rings. The van der Waals surface area contributed by atoms with Crippen molar-refractivity contribution in [2.45, 2.75) is 31.5 Å². The molecule has 1 saturated heterocycles. The molecule has 1 atom stereocenters. The first-order valence-corrected chi connectivity index (χ1v) is 8.17. The molecule has 0 aliphatic carbocycles. The zero-order chi connectivity index (χ0) is 15.7. The van der Waals surface area contributed by atoms with Crippen LogP contribution in [0.2, 0.25) is 0 Å². The summed E-state index contributed by atoms with van der Waals surface area (Å²) in [5.74, 6) is 0. The van der Waals surface area contributed by atoms with E-state index in [1.54, 1.807) is 0 Å². The van der Waals surface area contributed by atoms with Crippen LogP contribution in [0.5, 0.6) is 0 Å². The maximum Gasteiger partial charge on any atom is 0.416 e. The van der Waals surface area contributed by atoms with Crippen LogP contribution >= 0.6 is 11.3 Å². The molecule has 0 bridgehead atoms. The second kappa shape index (κ2) is 6.04. The lowest BCUT2D eigenvalue weighted by Crippen LogP contribution is -2.26. The Morgan fingerprint density at radius 1 is 1.41 bits per heavy atom. The quantitative estimate of drug-likeness (QED) is 0.911. The summed E-state index contributed by atoms with van der Waals surface area (Å²) in [6, 6.07) is 4.28. The number of hydrogen-bond donors (Lipinski definition) is 1. The molecule has 0 radical (unpaired) electrons. The van der Waals surface area contributed by atoms with Crippen LogP contribution < -0.4 is 5.32 Å². The van der Waals surface area contributed by atoms with Crippen molar-refractivity contribution in [3.63, 3.8) is 0 Å². The Bertz CT molecular complexity index is 653. The molecular weight excluding hydrogens is 311 g/mol. The molecule has 7 heteroatoms. The molecule has 1 aromatic carbocycles. The summed E-state index contributed by atoms with van der Waals surface area (Å²) >= 11 is 1.28. The van der Waals surface area contributed by atoms with Crippen LogP contribution in [0.15, 0.2) is 18.2 Å². The number of fused-ring (bicyclic) bond motifs is 1. The van der Waals surface area contributed by atoms with Crippen molar-refractivity contribution in [3.05, 3.63) is 23.8 Å². The van der Waals surface area contributed by atoms with Gasteiger partial charge in [-0.2, -0.15) is 13.2 Å². The second-order valence-corrected chi connectivity index (χ2v) is 6.72. The van der Waals surface area contributed by atoms with Crippen molar-refractivity contribution < 1.29 is 13.2 Å². The third-order valence-electron chi connectivity index (χ3n) is 4.14. The number of halogens is 3. The van der Waals surface area contributed by atoms with Crippen molar-refractivity contribution >= 4 is 26.7 Å². The smallest absolute Gasteiger partial charge is 0.361 e. The van der Waals surface area contributed by atoms with Gasteiger partial charge in [0.2, 0.25) is 0 Å². The number of nitrogens with one attached hydrogen (secondary N) is 1. The van der Waals surface area contributed by atoms with E-state index in [-0.39, 0.29) is 0 Å². The molecule has 1 N–H and O–H groups in total. The average molecular weight is 329 g/mol. The lowest BCUT2D eigenvalue weighted by molar-refractivity contribution is -0.137. The normalized spacial score (nSPS) is 19.9. The molecule has 1 aromatic heterocycles. The van der Waals surface area contributed by atoms with E-state index in [1.165, 1.54) is 36.3 Å². The number of benzene rings is 1. The molecule has 0 spiro atoms. The van der Waals surface area contributed by atoms with Crippen LogP contribution in [0.1, 0.15) is 24.8 Å². The van der Waals surface area contributed by atoms with E-state index in [9.17, 15) is 13.2 Å². The van der Waals surface area contributed by atoms with Crippen LogP contribution in [-0.2, 0) is 6.18 Å².